The van der Waals surface area contributed by atoms with E-state index in [1.807, 2.05) is 0 Å². The number of hydrogen-bond donors (Lipinski definition) is 1. The number of morpholine rings is 1. The van der Waals surface area contributed by atoms with Crippen molar-refractivity contribution in [1.29, 1.82) is 0 Å². The van der Waals surface area contributed by atoms with Crippen LogP contribution in [0.15, 0.2) is 18.2 Å². The highest BCUT2D eigenvalue weighted by molar-refractivity contribution is 5.60. The van der Waals surface area contributed by atoms with Crippen LogP contribution in [-0.4, -0.2) is 68.7 Å². The average Bonchev–Trinajstić information content (AvgIpc) is 2.55. The molecule has 0 radical (unpaired) electrons. The van der Waals surface area contributed by atoms with E-state index in [0.717, 1.165) is 32.8 Å². The Morgan fingerprint density at radius 3 is 3.09 bits per heavy atom. The summed E-state index contributed by atoms with van der Waals surface area (Å²) >= 11 is 0. The molecule has 1 N–H and O–H groups in total. The van der Waals surface area contributed by atoms with Crippen molar-refractivity contribution in [2.45, 2.75) is 12.5 Å². The van der Waals surface area contributed by atoms with Gasteiger partial charge in [0.05, 0.1) is 25.9 Å². The van der Waals surface area contributed by atoms with Gasteiger partial charge in [0.25, 0.3) is 0 Å². The number of benzene rings is 1. The minimum atomic E-state index is -0.258. The number of ether oxygens (including phenoxy) is 2. The van der Waals surface area contributed by atoms with E-state index < -0.39 is 0 Å². The molecule has 1 aromatic rings. The van der Waals surface area contributed by atoms with Crippen molar-refractivity contribution in [2.24, 2.45) is 0 Å². The highest BCUT2D eigenvalue weighted by Gasteiger charge is 2.31. The monoisotopic (exact) mass is 310 g/mol. The van der Waals surface area contributed by atoms with Gasteiger partial charge >= 0.3 is 0 Å². The average molecular weight is 310 g/mol. The van der Waals surface area contributed by atoms with Crippen LogP contribution in [0.2, 0.25) is 0 Å². The molecule has 2 saturated heterocycles. The molecule has 0 bridgehead atoms. The van der Waals surface area contributed by atoms with E-state index in [1.165, 1.54) is 6.07 Å². The number of aliphatic hydroxyl groups excluding tert-OH is 1. The summed E-state index contributed by atoms with van der Waals surface area (Å²) < 4.78 is 25.6. The van der Waals surface area contributed by atoms with Gasteiger partial charge in [-0.05, 0) is 12.1 Å². The molecule has 1 atom stereocenters. The fraction of sp³-hybridized carbons (Fsp3) is 0.625. The van der Waals surface area contributed by atoms with E-state index in [1.54, 1.807) is 12.1 Å². The molecule has 1 aromatic carbocycles. The fourth-order valence-electron chi connectivity index (χ4n) is 3.12. The lowest BCUT2D eigenvalue weighted by atomic mass is 10.1. The lowest BCUT2D eigenvalue weighted by Crippen LogP contribution is -2.58. The van der Waals surface area contributed by atoms with Crippen molar-refractivity contribution in [3.8, 4) is 5.75 Å². The van der Waals surface area contributed by atoms with E-state index in [-0.39, 0.29) is 12.4 Å². The molecule has 0 aliphatic carbocycles. The van der Waals surface area contributed by atoms with Gasteiger partial charge in [-0.15, -0.1) is 0 Å². The maximum absolute atomic E-state index is 14.4. The third kappa shape index (κ3) is 3.34. The van der Waals surface area contributed by atoms with Crippen LogP contribution in [0.1, 0.15) is 6.42 Å². The summed E-state index contributed by atoms with van der Waals surface area (Å²) in [5.74, 6) is 0.297. The maximum Gasteiger partial charge on any atom is 0.150 e. The Kier molecular flexibility index (Phi) is 5.12. The molecule has 2 aliphatic heterocycles. The summed E-state index contributed by atoms with van der Waals surface area (Å²) in [6.45, 7) is 5.35. The SMILES string of the molecule is OCCCOc1cccc(F)c1N1CCN2CCOC[C@H]2C1. The van der Waals surface area contributed by atoms with Crippen LogP contribution >= 0.6 is 0 Å². The molecule has 0 amide bonds. The maximum atomic E-state index is 14.4. The van der Waals surface area contributed by atoms with Crippen molar-refractivity contribution >= 4 is 5.69 Å². The zero-order valence-corrected chi connectivity index (χ0v) is 12.7. The first-order chi connectivity index (χ1) is 10.8. The predicted molar refractivity (Wildman–Crippen MR) is 82.0 cm³/mol. The second kappa shape index (κ2) is 7.26. The summed E-state index contributed by atoms with van der Waals surface area (Å²) in [5, 5.41) is 8.86. The molecule has 0 spiro atoms. The van der Waals surface area contributed by atoms with Gasteiger partial charge < -0.3 is 19.5 Å². The van der Waals surface area contributed by atoms with Crippen LogP contribution in [0.3, 0.4) is 0 Å². The lowest BCUT2D eigenvalue weighted by Gasteiger charge is -2.44. The van der Waals surface area contributed by atoms with Gasteiger partial charge in [-0.25, -0.2) is 4.39 Å². The molecular weight excluding hydrogens is 287 g/mol. The van der Waals surface area contributed by atoms with E-state index >= 15 is 0 Å². The summed E-state index contributed by atoms with van der Waals surface area (Å²) in [7, 11) is 0. The summed E-state index contributed by atoms with van der Waals surface area (Å²) in [4.78, 5) is 4.46. The number of halogens is 1. The minimum Gasteiger partial charge on any atom is -0.491 e. The van der Waals surface area contributed by atoms with Crippen LogP contribution in [0.4, 0.5) is 10.1 Å². The van der Waals surface area contributed by atoms with Crippen LogP contribution in [0.5, 0.6) is 5.75 Å². The van der Waals surface area contributed by atoms with Gasteiger partial charge in [0.1, 0.15) is 17.3 Å². The van der Waals surface area contributed by atoms with Crippen molar-refractivity contribution in [3.63, 3.8) is 0 Å². The Morgan fingerprint density at radius 1 is 1.32 bits per heavy atom. The van der Waals surface area contributed by atoms with Crippen LogP contribution in [-0.2, 0) is 4.74 Å². The molecule has 3 rings (SSSR count). The minimum absolute atomic E-state index is 0.0722. The molecule has 0 saturated carbocycles. The quantitative estimate of drug-likeness (QED) is 0.826. The smallest absolute Gasteiger partial charge is 0.150 e. The number of aliphatic hydroxyl groups is 1. The van der Waals surface area contributed by atoms with Gasteiger partial charge in [0.2, 0.25) is 0 Å². The van der Waals surface area contributed by atoms with Crippen molar-refractivity contribution in [3.05, 3.63) is 24.0 Å². The highest BCUT2D eigenvalue weighted by atomic mass is 19.1. The molecule has 0 unspecified atom stereocenters. The zero-order valence-electron chi connectivity index (χ0n) is 12.7. The Labute approximate surface area is 130 Å². The number of fused-ring (bicyclic) bond motifs is 1. The molecule has 2 heterocycles. The number of piperazine rings is 1. The van der Waals surface area contributed by atoms with Crippen LogP contribution in [0.25, 0.3) is 0 Å². The van der Waals surface area contributed by atoms with Gasteiger partial charge in [0.15, 0.2) is 0 Å². The number of nitrogens with zero attached hydrogens (tertiary/aromatic N) is 2. The van der Waals surface area contributed by atoms with Gasteiger partial charge in [-0.3, -0.25) is 4.90 Å². The van der Waals surface area contributed by atoms with E-state index in [4.69, 9.17) is 14.6 Å². The first kappa shape index (κ1) is 15.5. The normalized spacial score (nSPS) is 22.5. The Bertz CT molecular complexity index is 500. The largest absolute Gasteiger partial charge is 0.491 e. The third-order valence-electron chi connectivity index (χ3n) is 4.26. The Hall–Kier alpha value is -1.37. The van der Waals surface area contributed by atoms with E-state index in [9.17, 15) is 4.39 Å². The number of rotatable bonds is 5. The summed E-state index contributed by atoms with van der Waals surface area (Å²) in [6.07, 6.45) is 0.542. The third-order valence-corrected chi connectivity index (χ3v) is 4.26. The van der Waals surface area contributed by atoms with E-state index in [0.29, 0.717) is 37.1 Å². The molecule has 122 valence electrons. The molecule has 6 heteroatoms. The molecule has 2 fully saturated rings. The molecule has 22 heavy (non-hydrogen) atoms. The van der Waals surface area contributed by atoms with Crippen LogP contribution < -0.4 is 9.64 Å². The Morgan fingerprint density at radius 2 is 2.23 bits per heavy atom. The topological polar surface area (TPSA) is 45.2 Å². The zero-order chi connectivity index (χ0) is 15.4. The fourth-order valence-corrected chi connectivity index (χ4v) is 3.12. The molecule has 5 nitrogen and oxygen atoms in total. The lowest BCUT2D eigenvalue weighted by molar-refractivity contribution is -0.0118. The standard InChI is InChI=1S/C16H23FN2O3/c17-14-3-1-4-15(22-9-2-8-20)16(14)19-6-5-18-7-10-21-12-13(18)11-19/h1,3-4,13,20H,2,5-12H2/t13-/m1/s1. The van der Waals surface area contributed by atoms with Crippen molar-refractivity contribution in [2.75, 3.05) is 57.5 Å². The van der Waals surface area contributed by atoms with Crippen molar-refractivity contribution < 1.29 is 19.0 Å². The van der Waals surface area contributed by atoms with Gasteiger partial charge in [-0.1, -0.05) is 6.07 Å². The second-order valence-electron chi connectivity index (χ2n) is 5.72. The second-order valence-corrected chi connectivity index (χ2v) is 5.72. The predicted octanol–water partition coefficient (Wildman–Crippen LogP) is 1.11. The summed E-state index contributed by atoms with van der Waals surface area (Å²) in [6, 6.07) is 5.23. The molecule has 0 aromatic heterocycles. The summed E-state index contributed by atoms with van der Waals surface area (Å²) in [5.41, 5.74) is 0.533. The molecular formula is C16H23FN2O3. The molecule has 2 aliphatic rings. The Balaban J connectivity index is 1.75. The van der Waals surface area contributed by atoms with Gasteiger partial charge in [-0.2, -0.15) is 0 Å². The first-order valence-electron chi connectivity index (χ1n) is 7.88. The van der Waals surface area contributed by atoms with E-state index in [2.05, 4.69) is 9.80 Å². The van der Waals surface area contributed by atoms with Crippen molar-refractivity contribution in [1.82, 2.24) is 4.90 Å². The van der Waals surface area contributed by atoms with Crippen LogP contribution in [0, 0.1) is 5.82 Å². The van der Waals surface area contributed by atoms with Gasteiger partial charge in [0, 0.05) is 39.2 Å². The number of para-hydroxylation sites is 1. The number of hydrogen-bond acceptors (Lipinski definition) is 5. The first-order valence-corrected chi connectivity index (χ1v) is 7.88. The number of anilines is 1. The highest BCUT2D eigenvalue weighted by Crippen LogP contribution is 2.33.